The van der Waals surface area contributed by atoms with Crippen LogP contribution in [0.3, 0.4) is 0 Å². The van der Waals surface area contributed by atoms with Crippen molar-refractivity contribution in [2.45, 2.75) is 57.8 Å². The van der Waals surface area contributed by atoms with Gasteiger partial charge in [-0.05, 0) is 40.2 Å². The van der Waals surface area contributed by atoms with E-state index in [0.717, 1.165) is 25.8 Å². The van der Waals surface area contributed by atoms with Crippen LogP contribution < -0.4 is 5.73 Å². The summed E-state index contributed by atoms with van der Waals surface area (Å²) in [4.78, 5) is 2.40. The molecule has 1 heterocycles. The van der Waals surface area contributed by atoms with E-state index in [4.69, 9.17) is 10.5 Å². The van der Waals surface area contributed by atoms with Crippen molar-refractivity contribution in [3.63, 3.8) is 0 Å². The molecule has 2 unspecified atom stereocenters. The third-order valence-corrected chi connectivity index (χ3v) is 3.83. The standard InChI is InChI=1S/C12H26N2O/c1-5-12(2,3)14(4)9-11-7-6-10(8-13)15-11/h10-11H,5-9,13H2,1-4H3. The third-order valence-electron chi connectivity index (χ3n) is 3.83. The lowest BCUT2D eigenvalue weighted by atomic mass is 9.99. The van der Waals surface area contributed by atoms with Crippen molar-refractivity contribution in [1.29, 1.82) is 0 Å². The summed E-state index contributed by atoms with van der Waals surface area (Å²) in [7, 11) is 2.18. The maximum absolute atomic E-state index is 5.85. The van der Waals surface area contributed by atoms with Crippen molar-refractivity contribution in [2.24, 2.45) is 5.73 Å². The summed E-state index contributed by atoms with van der Waals surface area (Å²) < 4.78 is 5.85. The van der Waals surface area contributed by atoms with E-state index in [9.17, 15) is 0 Å². The van der Waals surface area contributed by atoms with Crippen LogP contribution >= 0.6 is 0 Å². The molecule has 3 heteroatoms. The quantitative estimate of drug-likeness (QED) is 0.755. The van der Waals surface area contributed by atoms with E-state index in [-0.39, 0.29) is 5.54 Å². The highest BCUT2D eigenvalue weighted by Crippen LogP contribution is 2.23. The summed E-state index contributed by atoms with van der Waals surface area (Å²) in [5.74, 6) is 0. The van der Waals surface area contributed by atoms with Gasteiger partial charge in [-0.15, -0.1) is 0 Å². The zero-order valence-electron chi connectivity index (χ0n) is 10.6. The Bertz CT molecular complexity index is 194. The largest absolute Gasteiger partial charge is 0.372 e. The molecule has 0 amide bonds. The van der Waals surface area contributed by atoms with Crippen molar-refractivity contribution in [2.75, 3.05) is 20.1 Å². The van der Waals surface area contributed by atoms with Gasteiger partial charge in [-0.25, -0.2) is 0 Å². The molecule has 1 rings (SSSR count). The van der Waals surface area contributed by atoms with Crippen LogP contribution in [0.5, 0.6) is 0 Å². The van der Waals surface area contributed by atoms with Gasteiger partial charge in [0.1, 0.15) is 0 Å². The molecule has 0 radical (unpaired) electrons. The van der Waals surface area contributed by atoms with Crippen molar-refractivity contribution in [3.8, 4) is 0 Å². The molecule has 1 aliphatic rings. The Morgan fingerprint density at radius 3 is 2.40 bits per heavy atom. The average Bonchev–Trinajstić information content (AvgIpc) is 2.65. The van der Waals surface area contributed by atoms with Gasteiger partial charge in [0.05, 0.1) is 12.2 Å². The lowest BCUT2D eigenvalue weighted by molar-refractivity contribution is 0.0109. The fourth-order valence-electron chi connectivity index (χ4n) is 1.91. The zero-order chi connectivity index (χ0) is 11.5. The zero-order valence-corrected chi connectivity index (χ0v) is 10.6. The van der Waals surface area contributed by atoms with Gasteiger partial charge in [0.25, 0.3) is 0 Å². The lowest BCUT2D eigenvalue weighted by Gasteiger charge is -2.36. The topological polar surface area (TPSA) is 38.5 Å². The van der Waals surface area contributed by atoms with E-state index < -0.39 is 0 Å². The van der Waals surface area contributed by atoms with Gasteiger partial charge in [-0.2, -0.15) is 0 Å². The Hall–Kier alpha value is -0.120. The molecular formula is C12H26N2O. The summed E-state index contributed by atoms with van der Waals surface area (Å²) in [6.45, 7) is 8.48. The molecule has 0 spiro atoms. The van der Waals surface area contributed by atoms with Crippen LogP contribution in [0.2, 0.25) is 0 Å². The van der Waals surface area contributed by atoms with Gasteiger partial charge in [-0.1, -0.05) is 6.92 Å². The van der Waals surface area contributed by atoms with Crippen LogP contribution in [0, 0.1) is 0 Å². The summed E-state index contributed by atoms with van der Waals surface area (Å²) in [6.07, 6.45) is 4.13. The second-order valence-electron chi connectivity index (χ2n) is 5.24. The summed E-state index contributed by atoms with van der Waals surface area (Å²) in [5, 5.41) is 0. The second-order valence-corrected chi connectivity index (χ2v) is 5.24. The van der Waals surface area contributed by atoms with Crippen LogP contribution in [0.4, 0.5) is 0 Å². The van der Waals surface area contributed by atoms with Gasteiger partial charge in [0, 0.05) is 18.6 Å². The summed E-state index contributed by atoms with van der Waals surface area (Å²) in [6, 6.07) is 0. The van der Waals surface area contributed by atoms with Gasteiger partial charge >= 0.3 is 0 Å². The molecule has 0 aliphatic carbocycles. The highest BCUT2D eigenvalue weighted by atomic mass is 16.5. The van der Waals surface area contributed by atoms with E-state index in [1.807, 2.05) is 0 Å². The maximum Gasteiger partial charge on any atom is 0.0707 e. The molecule has 0 aromatic rings. The number of ether oxygens (including phenoxy) is 1. The molecular weight excluding hydrogens is 188 g/mol. The minimum atomic E-state index is 0.268. The number of nitrogens with two attached hydrogens (primary N) is 1. The van der Waals surface area contributed by atoms with E-state index in [2.05, 4.69) is 32.7 Å². The number of nitrogens with zero attached hydrogens (tertiary/aromatic N) is 1. The van der Waals surface area contributed by atoms with Gasteiger partial charge in [0.2, 0.25) is 0 Å². The fraction of sp³-hybridized carbons (Fsp3) is 1.00. The van der Waals surface area contributed by atoms with E-state index in [1.54, 1.807) is 0 Å². The first kappa shape index (κ1) is 12.9. The summed E-state index contributed by atoms with van der Waals surface area (Å²) in [5.41, 5.74) is 5.87. The molecule has 1 fully saturated rings. The SMILES string of the molecule is CCC(C)(C)N(C)CC1CCC(CN)O1. The van der Waals surface area contributed by atoms with E-state index in [1.165, 1.54) is 0 Å². The van der Waals surface area contributed by atoms with Gasteiger partial charge < -0.3 is 10.5 Å². The minimum absolute atomic E-state index is 0.268. The molecule has 2 N–H and O–H groups in total. The third kappa shape index (κ3) is 3.44. The van der Waals surface area contributed by atoms with Crippen LogP contribution in [0.1, 0.15) is 40.0 Å². The molecule has 2 atom stereocenters. The molecule has 0 aromatic heterocycles. The molecule has 90 valence electrons. The van der Waals surface area contributed by atoms with Crippen LogP contribution in [-0.2, 0) is 4.74 Å². The molecule has 15 heavy (non-hydrogen) atoms. The average molecular weight is 214 g/mol. The molecule has 1 saturated heterocycles. The monoisotopic (exact) mass is 214 g/mol. The highest BCUT2D eigenvalue weighted by molar-refractivity contribution is 4.82. The number of hydrogen-bond donors (Lipinski definition) is 1. The number of rotatable bonds is 5. The minimum Gasteiger partial charge on any atom is -0.372 e. The van der Waals surface area contributed by atoms with E-state index in [0.29, 0.717) is 18.8 Å². The number of likely N-dealkylation sites (N-methyl/N-ethyl adjacent to an activating group) is 1. The second kappa shape index (κ2) is 5.28. The van der Waals surface area contributed by atoms with Gasteiger partial charge in [-0.3, -0.25) is 4.90 Å². The first-order chi connectivity index (χ1) is 6.99. The summed E-state index contributed by atoms with van der Waals surface area (Å²) >= 11 is 0. The van der Waals surface area contributed by atoms with Crippen molar-refractivity contribution in [1.82, 2.24) is 4.90 Å². The Balaban J connectivity index is 2.36. The normalized spacial score (nSPS) is 27.6. The molecule has 0 aromatic carbocycles. The predicted molar refractivity (Wildman–Crippen MR) is 63.9 cm³/mol. The molecule has 0 saturated carbocycles. The van der Waals surface area contributed by atoms with Crippen LogP contribution in [0.25, 0.3) is 0 Å². The predicted octanol–water partition coefficient (Wildman–Crippen LogP) is 1.61. The molecule has 1 aliphatic heterocycles. The smallest absolute Gasteiger partial charge is 0.0707 e. The van der Waals surface area contributed by atoms with Crippen molar-refractivity contribution >= 4 is 0 Å². The van der Waals surface area contributed by atoms with Crippen molar-refractivity contribution in [3.05, 3.63) is 0 Å². The van der Waals surface area contributed by atoms with Gasteiger partial charge in [0.15, 0.2) is 0 Å². The fourth-order valence-corrected chi connectivity index (χ4v) is 1.91. The molecule has 0 bridgehead atoms. The Kier molecular flexibility index (Phi) is 4.56. The van der Waals surface area contributed by atoms with Crippen LogP contribution in [0.15, 0.2) is 0 Å². The Labute approximate surface area is 94.0 Å². The maximum atomic E-state index is 5.85. The highest BCUT2D eigenvalue weighted by Gasteiger charge is 2.29. The van der Waals surface area contributed by atoms with Crippen molar-refractivity contribution < 1.29 is 4.74 Å². The molecule has 3 nitrogen and oxygen atoms in total. The first-order valence-electron chi connectivity index (χ1n) is 6.06. The Morgan fingerprint density at radius 1 is 1.33 bits per heavy atom. The lowest BCUT2D eigenvalue weighted by Crippen LogP contribution is -2.44. The number of hydrogen-bond acceptors (Lipinski definition) is 3. The van der Waals surface area contributed by atoms with Crippen LogP contribution in [-0.4, -0.2) is 42.8 Å². The first-order valence-corrected chi connectivity index (χ1v) is 6.06. The van der Waals surface area contributed by atoms with E-state index >= 15 is 0 Å². The Morgan fingerprint density at radius 2 is 1.93 bits per heavy atom.